The van der Waals surface area contributed by atoms with Gasteiger partial charge < -0.3 is 9.88 Å². The molecule has 0 aromatic carbocycles. The predicted molar refractivity (Wildman–Crippen MR) is 63.8 cm³/mol. The highest BCUT2D eigenvalue weighted by molar-refractivity contribution is 4.93. The summed E-state index contributed by atoms with van der Waals surface area (Å²) in [7, 11) is 2.06. The summed E-state index contributed by atoms with van der Waals surface area (Å²) in [6, 6.07) is 0. The van der Waals surface area contributed by atoms with Gasteiger partial charge in [-0.15, -0.1) is 0 Å². The third-order valence-corrected chi connectivity index (χ3v) is 3.11. The molecule has 0 saturated carbocycles. The number of imidazole rings is 1. The third kappa shape index (κ3) is 3.67. The summed E-state index contributed by atoms with van der Waals surface area (Å²) < 4.78 is 2.11. The molecule has 1 aromatic rings. The molecule has 0 spiro atoms. The monoisotopic (exact) mass is 209 g/mol. The van der Waals surface area contributed by atoms with Crippen molar-refractivity contribution in [3.8, 4) is 0 Å². The van der Waals surface area contributed by atoms with Gasteiger partial charge in [-0.1, -0.05) is 20.8 Å². The fourth-order valence-electron chi connectivity index (χ4n) is 1.66. The molecule has 0 fully saturated rings. The number of hydrogen-bond donors (Lipinski definition) is 1. The van der Waals surface area contributed by atoms with Crippen LogP contribution in [0.25, 0.3) is 0 Å². The van der Waals surface area contributed by atoms with Crippen LogP contribution in [-0.2, 0) is 13.5 Å². The van der Waals surface area contributed by atoms with Crippen molar-refractivity contribution in [1.82, 2.24) is 14.9 Å². The zero-order valence-corrected chi connectivity index (χ0v) is 10.3. The van der Waals surface area contributed by atoms with Crippen molar-refractivity contribution in [3.05, 3.63) is 18.2 Å². The maximum absolute atomic E-state index is 4.36. The molecule has 1 heterocycles. The van der Waals surface area contributed by atoms with Crippen LogP contribution >= 0.6 is 0 Å². The largest absolute Gasteiger partial charge is 0.338 e. The van der Waals surface area contributed by atoms with E-state index in [2.05, 4.69) is 42.7 Å². The molecule has 1 rings (SSSR count). The normalized spacial score (nSPS) is 15.2. The highest BCUT2D eigenvalue weighted by atomic mass is 15.0. The number of rotatable bonds is 6. The van der Waals surface area contributed by atoms with E-state index in [4.69, 9.17) is 0 Å². The van der Waals surface area contributed by atoms with Gasteiger partial charge in [-0.05, 0) is 24.9 Å². The number of aryl methyl sites for hydroxylation is 1. The quantitative estimate of drug-likeness (QED) is 0.775. The van der Waals surface area contributed by atoms with E-state index < -0.39 is 0 Å². The van der Waals surface area contributed by atoms with E-state index in [0.717, 1.165) is 19.5 Å². The molecule has 15 heavy (non-hydrogen) atoms. The van der Waals surface area contributed by atoms with E-state index in [9.17, 15) is 0 Å². The van der Waals surface area contributed by atoms with Crippen molar-refractivity contribution in [2.45, 2.75) is 27.2 Å². The second kappa shape index (κ2) is 5.91. The van der Waals surface area contributed by atoms with Crippen LogP contribution in [0.5, 0.6) is 0 Å². The topological polar surface area (TPSA) is 29.9 Å². The Balaban J connectivity index is 2.41. The van der Waals surface area contributed by atoms with Gasteiger partial charge in [0.2, 0.25) is 0 Å². The molecule has 0 saturated heterocycles. The van der Waals surface area contributed by atoms with E-state index in [0.29, 0.717) is 11.8 Å². The van der Waals surface area contributed by atoms with E-state index in [1.165, 1.54) is 5.82 Å². The fourth-order valence-corrected chi connectivity index (χ4v) is 1.66. The summed E-state index contributed by atoms with van der Waals surface area (Å²) in [4.78, 5) is 4.36. The van der Waals surface area contributed by atoms with Gasteiger partial charge in [-0.3, -0.25) is 0 Å². The number of aromatic nitrogens is 2. The van der Waals surface area contributed by atoms with Gasteiger partial charge in [0.05, 0.1) is 0 Å². The molecule has 0 radical (unpaired) electrons. The first-order valence-corrected chi connectivity index (χ1v) is 5.82. The minimum Gasteiger partial charge on any atom is -0.338 e. The Morgan fingerprint density at radius 3 is 2.67 bits per heavy atom. The summed E-state index contributed by atoms with van der Waals surface area (Å²) in [5.41, 5.74) is 0. The lowest BCUT2D eigenvalue weighted by Gasteiger charge is -2.19. The third-order valence-electron chi connectivity index (χ3n) is 3.11. The molecule has 3 heteroatoms. The van der Waals surface area contributed by atoms with Gasteiger partial charge in [-0.2, -0.15) is 0 Å². The van der Waals surface area contributed by atoms with Crippen molar-refractivity contribution >= 4 is 0 Å². The van der Waals surface area contributed by atoms with Gasteiger partial charge in [0.1, 0.15) is 5.82 Å². The van der Waals surface area contributed by atoms with Gasteiger partial charge in [0.25, 0.3) is 0 Å². The van der Waals surface area contributed by atoms with Crippen molar-refractivity contribution < 1.29 is 0 Å². The first-order chi connectivity index (χ1) is 7.15. The summed E-state index contributed by atoms with van der Waals surface area (Å²) in [5.74, 6) is 2.55. The molecule has 2 atom stereocenters. The molecule has 1 aromatic heterocycles. The summed E-state index contributed by atoms with van der Waals surface area (Å²) >= 11 is 0. The fraction of sp³-hybridized carbons (Fsp3) is 0.750. The number of nitrogens with one attached hydrogen (secondary N) is 1. The predicted octanol–water partition coefficient (Wildman–Crippen LogP) is 1.84. The van der Waals surface area contributed by atoms with Crippen LogP contribution in [0.3, 0.4) is 0 Å². The Morgan fingerprint density at radius 1 is 1.40 bits per heavy atom. The smallest absolute Gasteiger partial charge is 0.108 e. The molecule has 0 amide bonds. The van der Waals surface area contributed by atoms with Crippen LogP contribution in [-0.4, -0.2) is 22.6 Å². The first kappa shape index (κ1) is 12.2. The summed E-state index contributed by atoms with van der Waals surface area (Å²) in [5, 5.41) is 3.40. The van der Waals surface area contributed by atoms with Crippen molar-refractivity contribution in [3.63, 3.8) is 0 Å². The first-order valence-electron chi connectivity index (χ1n) is 5.82. The molecule has 1 N–H and O–H groups in total. The number of hydrogen-bond acceptors (Lipinski definition) is 2. The van der Waals surface area contributed by atoms with E-state index in [-0.39, 0.29) is 0 Å². The lowest BCUT2D eigenvalue weighted by Crippen LogP contribution is -2.26. The second-order valence-corrected chi connectivity index (χ2v) is 4.42. The molecule has 0 aliphatic carbocycles. The lowest BCUT2D eigenvalue weighted by molar-refractivity contribution is 0.360. The van der Waals surface area contributed by atoms with Crippen molar-refractivity contribution in [2.75, 3.05) is 13.1 Å². The van der Waals surface area contributed by atoms with Crippen LogP contribution in [0.1, 0.15) is 26.6 Å². The highest BCUT2D eigenvalue weighted by Gasteiger charge is 2.14. The maximum Gasteiger partial charge on any atom is 0.108 e. The van der Waals surface area contributed by atoms with Gasteiger partial charge in [-0.25, -0.2) is 4.98 Å². The molecule has 0 bridgehead atoms. The molecular weight excluding hydrogens is 186 g/mol. The Hall–Kier alpha value is -0.830. The van der Waals surface area contributed by atoms with Crippen LogP contribution in [0, 0.1) is 11.8 Å². The molecular formula is C12H23N3. The highest BCUT2D eigenvalue weighted by Crippen LogP contribution is 2.15. The van der Waals surface area contributed by atoms with E-state index >= 15 is 0 Å². The molecule has 86 valence electrons. The minimum atomic E-state index is 0.671. The molecule has 0 aliphatic rings. The molecule has 0 aliphatic heterocycles. The van der Waals surface area contributed by atoms with Crippen LogP contribution in [0.4, 0.5) is 0 Å². The zero-order chi connectivity index (χ0) is 11.3. The maximum atomic E-state index is 4.36. The van der Waals surface area contributed by atoms with Crippen molar-refractivity contribution in [2.24, 2.45) is 18.9 Å². The van der Waals surface area contributed by atoms with Gasteiger partial charge >= 0.3 is 0 Å². The van der Waals surface area contributed by atoms with Gasteiger partial charge in [0, 0.05) is 25.9 Å². The van der Waals surface area contributed by atoms with Crippen LogP contribution in [0.2, 0.25) is 0 Å². The molecule has 3 nitrogen and oxygen atoms in total. The van der Waals surface area contributed by atoms with Crippen LogP contribution in [0.15, 0.2) is 12.4 Å². The summed E-state index contributed by atoms with van der Waals surface area (Å²) in [6.07, 6.45) is 4.95. The standard InChI is InChI=1S/C12H23N3/c1-5-13-9-11(3)10(2)8-12-14-6-7-15(12)4/h6-7,10-11,13H,5,8-9H2,1-4H3. The van der Waals surface area contributed by atoms with E-state index in [1.54, 1.807) is 0 Å². The Bertz CT molecular complexity index is 280. The lowest BCUT2D eigenvalue weighted by atomic mass is 9.92. The summed E-state index contributed by atoms with van der Waals surface area (Å²) in [6.45, 7) is 8.91. The average Bonchev–Trinajstić information content (AvgIpc) is 2.61. The molecule has 2 unspecified atom stereocenters. The Labute approximate surface area is 92.9 Å². The van der Waals surface area contributed by atoms with Crippen LogP contribution < -0.4 is 5.32 Å². The average molecular weight is 209 g/mol. The van der Waals surface area contributed by atoms with Crippen molar-refractivity contribution in [1.29, 1.82) is 0 Å². The minimum absolute atomic E-state index is 0.671. The SMILES string of the molecule is CCNCC(C)C(C)Cc1nccn1C. The Morgan fingerprint density at radius 2 is 2.13 bits per heavy atom. The van der Waals surface area contributed by atoms with E-state index in [1.807, 2.05) is 12.4 Å². The number of nitrogens with zero attached hydrogens (tertiary/aromatic N) is 2. The second-order valence-electron chi connectivity index (χ2n) is 4.42. The zero-order valence-electron chi connectivity index (χ0n) is 10.3. The Kier molecular flexibility index (Phi) is 4.82. The van der Waals surface area contributed by atoms with Gasteiger partial charge in [0.15, 0.2) is 0 Å².